The number of hydrogen-bond donors (Lipinski definition) is 0. The molecular weight excluding hydrogens is 258 g/mol. The first-order chi connectivity index (χ1) is 10.1. The molecule has 0 bridgehead atoms. The highest BCUT2D eigenvalue weighted by atomic mass is 15.1. The predicted octanol–water partition coefficient (Wildman–Crippen LogP) is 3.88. The molecule has 1 aromatic heterocycles. The van der Waals surface area contributed by atoms with Crippen molar-refractivity contribution in [2.45, 2.75) is 27.3 Å². The second kappa shape index (κ2) is 5.06. The van der Waals surface area contributed by atoms with Gasteiger partial charge in [-0.1, -0.05) is 12.1 Å². The van der Waals surface area contributed by atoms with Crippen molar-refractivity contribution in [3.8, 4) is 6.07 Å². The summed E-state index contributed by atoms with van der Waals surface area (Å²) in [6.45, 7) is 7.00. The van der Waals surface area contributed by atoms with Crippen LogP contribution in [0.1, 0.15) is 28.1 Å². The molecule has 2 aromatic carbocycles. The van der Waals surface area contributed by atoms with Crippen LogP contribution < -0.4 is 0 Å². The second-order valence-electron chi connectivity index (χ2n) is 5.48. The molecule has 0 aliphatic heterocycles. The van der Waals surface area contributed by atoms with Gasteiger partial charge in [-0.2, -0.15) is 5.26 Å². The van der Waals surface area contributed by atoms with E-state index in [1.165, 1.54) is 11.1 Å². The summed E-state index contributed by atoms with van der Waals surface area (Å²) in [6, 6.07) is 14.3. The third-order valence-electron chi connectivity index (χ3n) is 3.95. The molecular formula is C18H17N3. The van der Waals surface area contributed by atoms with Crippen molar-refractivity contribution >= 4 is 11.0 Å². The van der Waals surface area contributed by atoms with Crippen molar-refractivity contribution < 1.29 is 0 Å². The molecule has 0 fully saturated rings. The fourth-order valence-electron chi connectivity index (χ4n) is 2.62. The van der Waals surface area contributed by atoms with Crippen LogP contribution in [0.2, 0.25) is 0 Å². The zero-order chi connectivity index (χ0) is 15.0. The number of nitriles is 1. The van der Waals surface area contributed by atoms with Crippen molar-refractivity contribution in [3.63, 3.8) is 0 Å². The molecule has 3 heteroatoms. The monoisotopic (exact) mass is 275 g/mol. The van der Waals surface area contributed by atoms with E-state index in [0.717, 1.165) is 29.0 Å². The number of fused-ring (bicyclic) bond motifs is 1. The molecule has 0 atom stereocenters. The molecule has 3 aromatic rings. The van der Waals surface area contributed by atoms with E-state index >= 15 is 0 Å². The Morgan fingerprint density at radius 3 is 2.62 bits per heavy atom. The number of aryl methyl sites for hydroxylation is 3. The highest BCUT2D eigenvalue weighted by Crippen LogP contribution is 2.22. The van der Waals surface area contributed by atoms with E-state index in [1.807, 2.05) is 31.2 Å². The van der Waals surface area contributed by atoms with Gasteiger partial charge in [-0.15, -0.1) is 0 Å². The number of aromatic nitrogens is 2. The van der Waals surface area contributed by atoms with Crippen LogP contribution >= 0.6 is 0 Å². The SMILES string of the molecule is Cc1cc2nc(C)n(Cc3cccc(C#N)c3)c2cc1C. The Kier molecular flexibility index (Phi) is 3.23. The van der Waals surface area contributed by atoms with Gasteiger partial charge < -0.3 is 4.57 Å². The van der Waals surface area contributed by atoms with Gasteiger partial charge >= 0.3 is 0 Å². The van der Waals surface area contributed by atoms with Gasteiger partial charge in [0.15, 0.2) is 0 Å². The Balaban J connectivity index is 2.10. The van der Waals surface area contributed by atoms with Crippen LogP contribution in [0, 0.1) is 32.1 Å². The zero-order valence-electron chi connectivity index (χ0n) is 12.5. The standard InChI is InChI=1S/C18H17N3/c1-12-7-17-18(8-13(12)2)21(14(3)20-17)11-16-6-4-5-15(9-16)10-19/h4-9H,11H2,1-3H3. The third kappa shape index (κ3) is 2.41. The average Bonchev–Trinajstić information content (AvgIpc) is 2.76. The molecule has 1 heterocycles. The summed E-state index contributed by atoms with van der Waals surface area (Å²) in [6.07, 6.45) is 0. The Morgan fingerprint density at radius 2 is 1.86 bits per heavy atom. The summed E-state index contributed by atoms with van der Waals surface area (Å²) in [4.78, 5) is 4.65. The maximum atomic E-state index is 9.01. The fourth-order valence-corrected chi connectivity index (χ4v) is 2.62. The minimum atomic E-state index is 0.696. The van der Waals surface area contributed by atoms with Crippen LogP contribution in [-0.4, -0.2) is 9.55 Å². The Bertz CT molecular complexity index is 866. The fraction of sp³-hybridized carbons (Fsp3) is 0.222. The lowest BCUT2D eigenvalue weighted by Gasteiger charge is -2.08. The van der Waals surface area contributed by atoms with Gasteiger partial charge in [0.1, 0.15) is 5.82 Å². The van der Waals surface area contributed by atoms with Crippen molar-refractivity contribution in [1.29, 1.82) is 5.26 Å². The summed E-state index contributed by atoms with van der Waals surface area (Å²) in [5, 5.41) is 9.01. The van der Waals surface area contributed by atoms with Crippen molar-refractivity contribution in [1.82, 2.24) is 9.55 Å². The molecule has 0 amide bonds. The van der Waals surface area contributed by atoms with Crippen LogP contribution in [-0.2, 0) is 6.54 Å². The van der Waals surface area contributed by atoms with Crippen molar-refractivity contribution in [2.75, 3.05) is 0 Å². The van der Waals surface area contributed by atoms with E-state index in [2.05, 4.69) is 41.6 Å². The smallest absolute Gasteiger partial charge is 0.107 e. The first-order valence-corrected chi connectivity index (χ1v) is 7.01. The number of hydrogen-bond acceptors (Lipinski definition) is 2. The van der Waals surface area contributed by atoms with Gasteiger partial charge in [-0.05, 0) is 61.7 Å². The Labute approximate surface area is 124 Å². The molecule has 3 nitrogen and oxygen atoms in total. The molecule has 0 spiro atoms. The van der Waals surface area contributed by atoms with Crippen LogP contribution in [0.15, 0.2) is 36.4 Å². The lowest BCUT2D eigenvalue weighted by atomic mass is 10.1. The number of benzene rings is 2. The van der Waals surface area contributed by atoms with Crippen LogP contribution in [0.25, 0.3) is 11.0 Å². The largest absolute Gasteiger partial charge is 0.324 e. The zero-order valence-corrected chi connectivity index (χ0v) is 12.5. The predicted molar refractivity (Wildman–Crippen MR) is 84.2 cm³/mol. The van der Waals surface area contributed by atoms with Gasteiger partial charge in [0.05, 0.1) is 22.7 Å². The number of imidazole rings is 1. The van der Waals surface area contributed by atoms with E-state index in [0.29, 0.717) is 5.56 Å². The van der Waals surface area contributed by atoms with Gasteiger partial charge in [-0.25, -0.2) is 4.98 Å². The maximum absolute atomic E-state index is 9.01. The third-order valence-corrected chi connectivity index (χ3v) is 3.95. The van der Waals surface area contributed by atoms with E-state index in [9.17, 15) is 0 Å². The van der Waals surface area contributed by atoms with Gasteiger partial charge in [0.2, 0.25) is 0 Å². The molecule has 0 aliphatic carbocycles. The minimum Gasteiger partial charge on any atom is -0.324 e. The topological polar surface area (TPSA) is 41.6 Å². The molecule has 0 radical (unpaired) electrons. The molecule has 0 aliphatic rings. The Morgan fingerprint density at radius 1 is 1.10 bits per heavy atom. The van der Waals surface area contributed by atoms with Crippen LogP contribution in [0.5, 0.6) is 0 Å². The van der Waals surface area contributed by atoms with Gasteiger partial charge in [0, 0.05) is 6.54 Å². The molecule has 104 valence electrons. The van der Waals surface area contributed by atoms with Crippen LogP contribution in [0.4, 0.5) is 0 Å². The van der Waals surface area contributed by atoms with E-state index < -0.39 is 0 Å². The summed E-state index contributed by atoms with van der Waals surface area (Å²) in [5.74, 6) is 0.998. The lowest BCUT2D eigenvalue weighted by Crippen LogP contribution is -2.02. The molecule has 0 saturated carbocycles. The highest BCUT2D eigenvalue weighted by molar-refractivity contribution is 5.78. The summed E-state index contributed by atoms with van der Waals surface area (Å²) >= 11 is 0. The summed E-state index contributed by atoms with van der Waals surface area (Å²) < 4.78 is 2.21. The quantitative estimate of drug-likeness (QED) is 0.712. The summed E-state index contributed by atoms with van der Waals surface area (Å²) in [7, 11) is 0. The first-order valence-electron chi connectivity index (χ1n) is 7.01. The van der Waals surface area contributed by atoms with Crippen molar-refractivity contribution in [2.24, 2.45) is 0 Å². The van der Waals surface area contributed by atoms with Gasteiger partial charge in [0.25, 0.3) is 0 Å². The Hall–Kier alpha value is -2.60. The molecule has 0 N–H and O–H groups in total. The summed E-state index contributed by atoms with van der Waals surface area (Å²) in [5.41, 5.74) is 6.54. The molecule has 3 rings (SSSR count). The van der Waals surface area contributed by atoms with Gasteiger partial charge in [-0.3, -0.25) is 0 Å². The number of nitrogens with zero attached hydrogens (tertiary/aromatic N) is 3. The molecule has 0 saturated heterocycles. The molecule has 21 heavy (non-hydrogen) atoms. The lowest BCUT2D eigenvalue weighted by molar-refractivity contribution is 0.785. The van der Waals surface area contributed by atoms with Crippen LogP contribution in [0.3, 0.4) is 0 Å². The normalized spacial score (nSPS) is 10.8. The van der Waals surface area contributed by atoms with Crippen molar-refractivity contribution in [3.05, 3.63) is 64.5 Å². The van der Waals surface area contributed by atoms with E-state index in [-0.39, 0.29) is 0 Å². The second-order valence-corrected chi connectivity index (χ2v) is 5.48. The number of rotatable bonds is 2. The highest BCUT2D eigenvalue weighted by Gasteiger charge is 2.09. The first kappa shape index (κ1) is 13.4. The maximum Gasteiger partial charge on any atom is 0.107 e. The van der Waals surface area contributed by atoms with E-state index in [4.69, 9.17) is 5.26 Å². The average molecular weight is 275 g/mol. The van der Waals surface area contributed by atoms with E-state index in [1.54, 1.807) is 0 Å². The minimum absolute atomic E-state index is 0.696. The molecule has 0 unspecified atom stereocenters.